The van der Waals surface area contributed by atoms with Gasteiger partial charge in [-0.2, -0.15) is 0 Å². The molecule has 5 aliphatic rings. The van der Waals surface area contributed by atoms with Crippen molar-refractivity contribution < 1.29 is 28.8 Å². The van der Waals surface area contributed by atoms with Crippen molar-refractivity contribution in [1.29, 1.82) is 0 Å². The number of hydrogen-bond acceptors (Lipinski definition) is 6. The van der Waals surface area contributed by atoms with E-state index in [0.29, 0.717) is 18.4 Å². The lowest BCUT2D eigenvalue weighted by Gasteiger charge is -2.61. The molecule has 1 aromatic carbocycles. The van der Waals surface area contributed by atoms with Gasteiger partial charge in [0.2, 0.25) is 5.79 Å². The quantitative estimate of drug-likeness (QED) is 0.515. The van der Waals surface area contributed by atoms with Crippen LogP contribution in [0.15, 0.2) is 30.3 Å². The Kier molecular flexibility index (Phi) is 5.40. The topological polar surface area (TPSA) is 63.2 Å². The first-order chi connectivity index (χ1) is 14.9. The van der Waals surface area contributed by atoms with Crippen molar-refractivity contribution in [2.24, 2.45) is 23.7 Å². The maximum absolute atomic E-state index is 13.2. The minimum absolute atomic E-state index is 0.0792. The number of fused-ring (bicyclic) bond motifs is 2. The second-order valence-corrected chi connectivity index (χ2v) is 10.0. The van der Waals surface area contributed by atoms with Gasteiger partial charge in [0.25, 0.3) is 0 Å². The van der Waals surface area contributed by atoms with Crippen LogP contribution < -0.4 is 0 Å². The maximum Gasteiger partial charge on any atom is 0.316 e. The van der Waals surface area contributed by atoms with E-state index in [9.17, 15) is 4.79 Å². The van der Waals surface area contributed by atoms with E-state index in [1.54, 1.807) is 0 Å². The lowest BCUT2D eigenvalue weighted by atomic mass is 9.56. The van der Waals surface area contributed by atoms with Gasteiger partial charge in [-0.3, -0.25) is 4.79 Å². The number of benzene rings is 1. The van der Waals surface area contributed by atoms with E-state index in [-0.39, 0.29) is 23.9 Å². The molecule has 1 saturated carbocycles. The molecule has 1 unspecified atom stereocenters. The van der Waals surface area contributed by atoms with Crippen LogP contribution in [0.1, 0.15) is 64.9 Å². The molecule has 6 heteroatoms. The van der Waals surface area contributed by atoms with Crippen molar-refractivity contribution in [2.75, 3.05) is 6.61 Å². The van der Waals surface area contributed by atoms with Crippen molar-refractivity contribution in [3.8, 4) is 0 Å². The standard InChI is InChI=1S/C25H34O6/c1-5-27-22(26)20(17-9-7-6-8-10-17)21-16(3)19-12-11-15(2)18-13-14-24(4)29-23(28-21)25(18,19)31-30-24/h6-10,15-16,18-21,23H,5,11-14H2,1-4H3/t15-,16-,18+,19+,20-,21+,23-,24-,25?/m1/s1. The smallest absolute Gasteiger partial charge is 0.316 e. The predicted molar refractivity (Wildman–Crippen MR) is 113 cm³/mol. The zero-order valence-electron chi connectivity index (χ0n) is 18.9. The fourth-order valence-corrected chi connectivity index (χ4v) is 6.67. The highest BCUT2D eigenvalue weighted by Crippen LogP contribution is 2.61. The second-order valence-electron chi connectivity index (χ2n) is 10.0. The Bertz CT molecular complexity index is 813. The van der Waals surface area contributed by atoms with Crippen molar-refractivity contribution in [3.05, 3.63) is 35.9 Å². The van der Waals surface area contributed by atoms with Gasteiger partial charge in [0, 0.05) is 12.3 Å². The molecule has 170 valence electrons. The molecule has 5 fully saturated rings. The van der Waals surface area contributed by atoms with Crippen molar-refractivity contribution >= 4 is 5.97 Å². The van der Waals surface area contributed by atoms with Crippen LogP contribution in [0.25, 0.3) is 0 Å². The summed E-state index contributed by atoms with van der Waals surface area (Å²) in [6, 6.07) is 9.83. The Balaban J connectivity index is 1.56. The largest absolute Gasteiger partial charge is 0.465 e. The molecule has 0 radical (unpaired) electrons. The molecule has 6 rings (SSSR count). The summed E-state index contributed by atoms with van der Waals surface area (Å²) in [7, 11) is 0. The normalized spacial score (nSPS) is 44.8. The highest BCUT2D eigenvalue weighted by atomic mass is 17.3. The predicted octanol–water partition coefficient (Wildman–Crippen LogP) is 4.58. The lowest BCUT2D eigenvalue weighted by Crippen LogP contribution is -2.71. The molecular weight excluding hydrogens is 396 g/mol. The van der Waals surface area contributed by atoms with Gasteiger partial charge in [-0.15, -0.1) is 0 Å². The molecule has 4 saturated heterocycles. The first-order valence-corrected chi connectivity index (χ1v) is 11.8. The highest BCUT2D eigenvalue weighted by molar-refractivity contribution is 5.79. The molecule has 1 aliphatic carbocycles. The highest BCUT2D eigenvalue weighted by Gasteiger charge is 2.70. The molecule has 1 aromatic rings. The second kappa shape index (κ2) is 7.84. The monoisotopic (exact) mass is 430 g/mol. The molecule has 1 spiro atoms. The van der Waals surface area contributed by atoms with Crippen molar-refractivity contribution in [3.63, 3.8) is 0 Å². The molecule has 31 heavy (non-hydrogen) atoms. The molecule has 2 bridgehead atoms. The van der Waals surface area contributed by atoms with E-state index < -0.39 is 23.6 Å². The number of carbonyl (C=O) groups is 1. The lowest BCUT2D eigenvalue weighted by molar-refractivity contribution is -0.571. The van der Waals surface area contributed by atoms with Crippen LogP contribution in [0.2, 0.25) is 0 Å². The van der Waals surface area contributed by atoms with Gasteiger partial charge in [-0.1, -0.05) is 44.2 Å². The molecule has 0 aromatic heterocycles. The van der Waals surface area contributed by atoms with E-state index >= 15 is 0 Å². The summed E-state index contributed by atoms with van der Waals surface area (Å²) in [6.45, 7) is 8.59. The summed E-state index contributed by atoms with van der Waals surface area (Å²) >= 11 is 0. The molecule has 9 atom stereocenters. The van der Waals surface area contributed by atoms with Crippen LogP contribution in [0, 0.1) is 23.7 Å². The Morgan fingerprint density at radius 3 is 2.65 bits per heavy atom. The van der Waals surface area contributed by atoms with Gasteiger partial charge >= 0.3 is 5.97 Å². The molecule has 4 aliphatic heterocycles. The molecule has 0 N–H and O–H groups in total. The summed E-state index contributed by atoms with van der Waals surface area (Å²) in [5, 5.41) is 0. The third-order valence-electron chi connectivity index (χ3n) is 8.24. The van der Waals surface area contributed by atoms with Gasteiger partial charge in [0.05, 0.1) is 12.7 Å². The zero-order chi connectivity index (χ0) is 21.8. The van der Waals surface area contributed by atoms with Crippen molar-refractivity contribution in [1.82, 2.24) is 0 Å². The average Bonchev–Trinajstić information content (AvgIpc) is 2.99. The average molecular weight is 431 g/mol. The van der Waals surface area contributed by atoms with Gasteiger partial charge in [0.1, 0.15) is 5.92 Å². The minimum Gasteiger partial charge on any atom is -0.465 e. The van der Waals surface area contributed by atoms with E-state index in [4.69, 9.17) is 24.0 Å². The van der Waals surface area contributed by atoms with Gasteiger partial charge < -0.3 is 14.2 Å². The van der Waals surface area contributed by atoms with E-state index in [2.05, 4.69) is 13.8 Å². The summed E-state index contributed by atoms with van der Waals surface area (Å²) in [5.41, 5.74) is 0.288. The summed E-state index contributed by atoms with van der Waals surface area (Å²) < 4.78 is 18.7. The van der Waals surface area contributed by atoms with E-state index in [0.717, 1.165) is 31.2 Å². The SMILES string of the molecule is CCOC(=O)[C@H](c1ccccc1)[C@H]1O[C@@H]2O[C@@]3(C)CC[C@H]4[C@H](C)CC[C@@H]([C@H]1C)C24OO3. The molecular formula is C25H34O6. The summed E-state index contributed by atoms with van der Waals surface area (Å²) in [5.74, 6) is -0.504. The maximum atomic E-state index is 13.2. The zero-order valence-corrected chi connectivity index (χ0v) is 18.9. The van der Waals surface area contributed by atoms with Crippen LogP contribution in [-0.4, -0.2) is 36.4 Å². The van der Waals surface area contributed by atoms with Crippen LogP contribution >= 0.6 is 0 Å². The Hall–Kier alpha value is -1.47. The number of ether oxygens (including phenoxy) is 3. The number of rotatable bonds is 4. The van der Waals surface area contributed by atoms with Crippen LogP contribution in [0.5, 0.6) is 0 Å². The Labute approximate surface area is 184 Å². The summed E-state index contributed by atoms with van der Waals surface area (Å²) in [6.07, 6.45) is 2.98. The van der Waals surface area contributed by atoms with Gasteiger partial charge in [-0.05, 0) is 56.4 Å². The Morgan fingerprint density at radius 2 is 1.90 bits per heavy atom. The van der Waals surface area contributed by atoms with E-state index in [1.165, 1.54) is 0 Å². The fraction of sp³-hybridized carbons (Fsp3) is 0.720. The molecule has 4 heterocycles. The first-order valence-electron chi connectivity index (χ1n) is 11.8. The number of carbonyl (C=O) groups excluding carboxylic acids is 1. The summed E-state index contributed by atoms with van der Waals surface area (Å²) in [4.78, 5) is 25.3. The van der Waals surface area contributed by atoms with Crippen LogP contribution in [0.3, 0.4) is 0 Å². The van der Waals surface area contributed by atoms with Crippen LogP contribution in [-0.2, 0) is 28.8 Å². The van der Waals surface area contributed by atoms with Gasteiger partial charge in [0.15, 0.2) is 11.9 Å². The third-order valence-corrected chi connectivity index (χ3v) is 8.24. The number of hydrogen-bond donors (Lipinski definition) is 0. The number of esters is 1. The van der Waals surface area contributed by atoms with Crippen molar-refractivity contribution in [2.45, 2.75) is 83.1 Å². The molecule has 6 nitrogen and oxygen atoms in total. The van der Waals surface area contributed by atoms with Gasteiger partial charge in [-0.25, -0.2) is 9.78 Å². The van der Waals surface area contributed by atoms with Crippen LogP contribution in [0.4, 0.5) is 0 Å². The Morgan fingerprint density at radius 1 is 1.13 bits per heavy atom. The third kappa shape index (κ3) is 3.26. The first kappa shape index (κ1) is 21.4. The fourth-order valence-electron chi connectivity index (χ4n) is 6.67. The minimum atomic E-state index is -0.825. The van der Waals surface area contributed by atoms with E-state index in [1.807, 2.05) is 44.2 Å². The molecule has 0 amide bonds.